The van der Waals surface area contributed by atoms with Gasteiger partial charge in [-0.25, -0.2) is 5.43 Å². The van der Waals surface area contributed by atoms with Crippen molar-refractivity contribution in [2.75, 3.05) is 19.0 Å². The van der Waals surface area contributed by atoms with E-state index in [-0.39, 0.29) is 24.7 Å². The van der Waals surface area contributed by atoms with Crippen molar-refractivity contribution in [1.82, 2.24) is 5.43 Å². The Hall–Kier alpha value is -3.87. The molecule has 0 aliphatic carbocycles. The molecular weight excluding hydrogens is 394 g/mol. The van der Waals surface area contributed by atoms with Gasteiger partial charge in [0.25, 0.3) is 0 Å². The van der Waals surface area contributed by atoms with Crippen LogP contribution in [0.25, 0.3) is 10.8 Å². The van der Waals surface area contributed by atoms with E-state index in [4.69, 9.17) is 9.47 Å². The van der Waals surface area contributed by atoms with Crippen LogP contribution in [0.5, 0.6) is 11.5 Å². The number of rotatable bonds is 9. The number of amides is 2. The number of fused-ring (bicyclic) bond motifs is 1. The van der Waals surface area contributed by atoms with Crippen molar-refractivity contribution >= 4 is 34.5 Å². The van der Waals surface area contributed by atoms with E-state index in [0.29, 0.717) is 18.0 Å². The SMILES string of the molecule is CCOc1ccc(NC(=O)CCC(=O)NN=Cc2c(OC)ccc3ccccc23)cc1. The number of nitrogens with zero attached hydrogens (tertiary/aromatic N) is 1. The molecule has 3 rings (SSSR count). The molecule has 0 atom stereocenters. The molecule has 7 nitrogen and oxygen atoms in total. The molecule has 0 fully saturated rings. The summed E-state index contributed by atoms with van der Waals surface area (Å²) in [5.74, 6) is 0.795. The third-order valence-electron chi connectivity index (χ3n) is 4.56. The first kappa shape index (κ1) is 21.8. The number of hydrogen-bond donors (Lipinski definition) is 2. The van der Waals surface area contributed by atoms with Crippen LogP contribution in [-0.2, 0) is 9.59 Å². The molecule has 3 aromatic rings. The lowest BCUT2D eigenvalue weighted by Gasteiger charge is -2.08. The Morgan fingerprint density at radius 3 is 2.45 bits per heavy atom. The van der Waals surface area contributed by atoms with Gasteiger partial charge in [-0.3, -0.25) is 9.59 Å². The molecule has 0 aliphatic rings. The summed E-state index contributed by atoms with van der Waals surface area (Å²) in [4.78, 5) is 24.1. The first-order valence-corrected chi connectivity index (χ1v) is 10.0. The monoisotopic (exact) mass is 419 g/mol. The molecule has 2 N–H and O–H groups in total. The normalized spacial score (nSPS) is 10.8. The summed E-state index contributed by atoms with van der Waals surface area (Å²) in [5.41, 5.74) is 3.89. The maximum Gasteiger partial charge on any atom is 0.240 e. The molecule has 0 spiro atoms. The molecule has 160 valence electrons. The van der Waals surface area contributed by atoms with E-state index in [0.717, 1.165) is 22.1 Å². The average Bonchev–Trinajstić information content (AvgIpc) is 2.79. The molecule has 0 aliphatic heterocycles. The summed E-state index contributed by atoms with van der Waals surface area (Å²) >= 11 is 0. The molecule has 0 saturated heterocycles. The molecule has 2 amide bonds. The molecule has 0 saturated carbocycles. The molecule has 0 aromatic heterocycles. The summed E-state index contributed by atoms with van der Waals surface area (Å²) < 4.78 is 10.8. The number of anilines is 1. The molecule has 31 heavy (non-hydrogen) atoms. The first-order chi connectivity index (χ1) is 15.1. The number of carbonyl (C=O) groups is 2. The molecular formula is C24H25N3O4. The predicted octanol–water partition coefficient (Wildman–Crippen LogP) is 4.12. The van der Waals surface area contributed by atoms with Gasteiger partial charge >= 0.3 is 0 Å². The quantitative estimate of drug-likeness (QED) is 0.403. The van der Waals surface area contributed by atoms with Gasteiger partial charge in [-0.15, -0.1) is 0 Å². The first-order valence-electron chi connectivity index (χ1n) is 10.0. The number of methoxy groups -OCH3 is 1. The average molecular weight is 419 g/mol. The maximum absolute atomic E-state index is 12.1. The third kappa shape index (κ3) is 6.05. The fourth-order valence-corrected chi connectivity index (χ4v) is 3.06. The zero-order valence-corrected chi connectivity index (χ0v) is 17.6. The van der Waals surface area contributed by atoms with E-state index >= 15 is 0 Å². The van der Waals surface area contributed by atoms with Crippen molar-refractivity contribution in [3.05, 3.63) is 66.2 Å². The molecule has 0 heterocycles. The van der Waals surface area contributed by atoms with Gasteiger partial charge in [0.05, 0.1) is 19.9 Å². The highest BCUT2D eigenvalue weighted by atomic mass is 16.5. The van der Waals surface area contributed by atoms with Crippen molar-refractivity contribution in [3.8, 4) is 11.5 Å². The lowest BCUT2D eigenvalue weighted by Crippen LogP contribution is -2.20. The summed E-state index contributed by atoms with van der Waals surface area (Å²) in [7, 11) is 1.59. The predicted molar refractivity (Wildman–Crippen MR) is 122 cm³/mol. The molecule has 7 heteroatoms. The molecule has 0 bridgehead atoms. The summed E-state index contributed by atoms with van der Waals surface area (Å²) in [6.45, 7) is 2.49. The third-order valence-corrected chi connectivity index (χ3v) is 4.56. The second-order valence-electron chi connectivity index (χ2n) is 6.70. The van der Waals surface area contributed by atoms with Crippen molar-refractivity contribution in [2.45, 2.75) is 19.8 Å². The van der Waals surface area contributed by atoms with Gasteiger partial charge in [0.15, 0.2) is 0 Å². The zero-order chi connectivity index (χ0) is 22.1. The van der Waals surface area contributed by atoms with E-state index in [1.165, 1.54) is 0 Å². The summed E-state index contributed by atoms with van der Waals surface area (Å²) in [6, 6.07) is 18.7. The fraction of sp³-hybridized carbons (Fsp3) is 0.208. The van der Waals surface area contributed by atoms with Crippen LogP contribution >= 0.6 is 0 Å². The van der Waals surface area contributed by atoms with Crippen LogP contribution in [-0.4, -0.2) is 31.7 Å². The zero-order valence-electron chi connectivity index (χ0n) is 17.6. The Bertz CT molecular complexity index is 1080. The Morgan fingerprint density at radius 1 is 0.968 bits per heavy atom. The van der Waals surface area contributed by atoms with Crippen LogP contribution in [0.4, 0.5) is 5.69 Å². The van der Waals surface area contributed by atoms with Crippen molar-refractivity contribution in [2.24, 2.45) is 5.10 Å². The van der Waals surface area contributed by atoms with Gasteiger partial charge in [-0.05, 0) is 48.0 Å². The summed E-state index contributed by atoms with van der Waals surface area (Å²) in [5, 5.41) is 8.80. The number of benzene rings is 3. The number of nitrogens with one attached hydrogen (secondary N) is 2. The fourth-order valence-electron chi connectivity index (χ4n) is 3.06. The van der Waals surface area contributed by atoms with E-state index < -0.39 is 0 Å². The number of hydrogen-bond acceptors (Lipinski definition) is 5. The number of hydrazone groups is 1. The van der Waals surface area contributed by atoms with E-state index in [9.17, 15) is 9.59 Å². The standard InChI is InChI=1S/C24H25N3O4/c1-3-31-19-11-9-18(10-12-19)26-23(28)14-15-24(29)27-25-16-21-20-7-5-4-6-17(20)8-13-22(21)30-2/h4-13,16H,3,14-15H2,1-2H3,(H,26,28)(H,27,29). The van der Waals surface area contributed by atoms with Crippen LogP contribution in [0.3, 0.4) is 0 Å². The van der Waals surface area contributed by atoms with E-state index in [1.807, 2.05) is 43.3 Å². The van der Waals surface area contributed by atoms with Crippen LogP contribution in [0, 0.1) is 0 Å². The van der Waals surface area contributed by atoms with Crippen molar-refractivity contribution in [1.29, 1.82) is 0 Å². The van der Waals surface area contributed by atoms with Gasteiger partial charge in [0.1, 0.15) is 11.5 Å². The molecule has 0 radical (unpaired) electrons. The topological polar surface area (TPSA) is 89.0 Å². The summed E-state index contributed by atoms with van der Waals surface area (Å²) in [6.07, 6.45) is 1.62. The van der Waals surface area contributed by atoms with Gasteiger partial charge in [-0.2, -0.15) is 5.10 Å². The van der Waals surface area contributed by atoms with Crippen molar-refractivity contribution < 1.29 is 19.1 Å². The minimum absolute atomic E-state index is 0.0207. The van der Waals surface area contributed by atoms with Crippen LogP contribution in [0.1, 0.15) is 25.3 Å². The lowest BCUT2D eigenvalue weighted by atomic mass is 10.0. The maximum atomic E-state index is 12.1. The highest BCUT2D eigenvalue weighted by Gasteiger charge is 2.08. The molecule has 0 unspecified atom stereocenters. The van der Waals surface area contributed by atoms with Crippen LogP contribution < -0.4 is 20.2 Å². The number of ether oxygens (including phenoxy) is 2. The second kappa shape index (κ2) is 10.8. The van der Waals surface area contributed by atoms with Crippen LogP contribution in [0.15, 0.2) is 65.8 Å². The van der Waals surface area contributed by atoms with Gasteiger partial charge in [0.2, 0.25) is 11.8 Å². The Balaban J connectivity index is 1.52. The van der Waals surface area contributed by atoms with E-state index in [2.05, 4.69) is 15.8 Å². The van der Waals surface area contributed by atoms with E-state index in [1.54, 1.807) is 37.6 Å². The Labute approximate surface area is 181 Å². The highest BCUT2D eigenvalue weighted by molar-refractivity contribution is 6.02. The largest absolute Gasteiger partial charge is 0.496 e. The minimum atomic E-state index is -0.350. The number of carbonyl (C=O) groups excluding carboxylic acids is 2. The second-order valence-corrected chi connectivity index (χ2v) is 6.70. The lowest BCUT2D eigenvalue weighted by molar-refractivity contribution is -0.124. The van der Waals surface area contributed by atoms with Crippen molar-refractivity contribution in [3.63, 3.8) is 0 Å². The van der Waals surface area contributed by atoms with Gasteiger partial charge < -0.3 is 14.8 Å². The smallest absolute Gasteiger partial charge is 0.240 e. The van der Waals surface area contributed by atoms with Gasteiger partial charge in [0, 0.05) is 24.1 Å². The van der Waals surface area contributed by atoms with Crippen LogP contribution in [0.2, 0.25) is 0 Å². The minimum Gasteiger partial charge on any atom is -0.496 e. The molecule has 3 aromatic carbocycles. The Kier molecular flexibility index (Phi) is 7.59. The highest BCUT2D eigenvalue weighted by Crippen LogP contribution is 2.26. The van der Waals surface area contributed by atoms with Gasteiger partial charge in [-0.1, -0.05) is 30.3 Å². The Morgan fingerprint density at radius 2 is 1.71 bits per heavy atom.